The van der Waals surface area contributed by atoms with Crippen LogP contribution in [0.25, 0.3) is 0 Å². The van der Waals surface area contributed by atoms with Crippen molar-refractivity contribution in [3.8, 4) is 0 Å². The van der Waals surface area contributed by atoms with E-state index < -0.39 is 0 Å². The molecule has 2 unspecified atom stereocenters. The van der Waals surface area contributed by atoms with Crippen LogP contribution in [-0.4, -0.2) is 37.3 Å². The smallest absolute Gasteiger partial charge is 0.0685 e. The molecule has 13 heavy (non-hydrogen) atoms. The Morgan fingerprint density at radius 2 is 2.38 bits per heavy atom. The van der Waals surface area contributed by atoms with Gasteiger partial charge in [-0.05, 0) is 45.2 Å². The van der Waals surface area contributed by atoms with E-state index in [1.807, 2.05) is 0 Å². The summed E-state index contributed by atoms with van der Waals surface area (Å²) >= 11 is 0. The molecule has 0 aliphatic carbocycles. The van der Waals surface area contributed by atoms with Gasteiger partial charge in [0.15, 0.2) is 0 Å². The molecule has 0 radical (unpaired) electrons. The molecule has 0 amide bonds. The molecule has 2 rings (SSSR count). The van der Waals surface area contributed by atoms with E-state index in [1.165, 1.54) is 32.4 Å². The van der Waals surface area contributed by atoms with Crippen LogP contribution in [0.4, 0.5) is 0 Å². The highest BCUT2D eigenvalue weighted by Crippen LogP contribution is 2.20. The highest BCUT2D eigenvalue weighted by Gasteiger charge is 2.27. The molecule has 2 aliphatic heterocycles. The first-order valence-electron chi connectivity index (χ1n) is 5.48. The maximum Gasteiger partial charge on any atom is 0.0685 e. The van der Waals surface area contributed by atoms with Crippen molar-refractivity contribution in [3.63, 3.8) is 0 Å². The molecule has 2 aliphatic rings. The SMILES string of the molecule is CC(C1CCNC1)N1CCCCO1. The normalized spacial score (nSPS) is 33.5. The number of nitrogens with one attached hydrogen (secondary N) is 1. The molecule has 0 aromatic rings. The predicted octanol–water partition coefficient (Wildman–Crippen LogP) is 1.01. The third-order valence-electron chi connectivity index (χ3n) is 3.26. The summed E-state index contributed by atoms with van der Waals surface area (Å²) in [5, 5.41) is 5.61. The van der Waals surface area contributed by atoms with Gasteiger partial charge in [-0.1, -0.05) is 0 Å². The quantitative estimate of drug-likeness (QED) is 0.693. The van der Waals surface area contributed by atoms with E-state index in [-0.39, 0.29) is 0 Å². The third-order valence-corrected chi connectivity index (χ3v) is 3.26. The van der Waals surface area contributed by atoms with Crippen LogP contribution >= 0.6 is 0 Å². The zero-order valence-corrected chi connectivity index (χ0v) is 8.46. The van der Waals surface area contributed by atoms with Crippen LogP contribution < -0.4 is 5.32 Å². The van der Waals surface area contributed by atoms with Gasteiger partial charge in [0.2, 0.25) is 0 Å². The Kier molecular flexibility index (Phi) is 3.19. The molecule has 2 fully saturated rings. The number of hydrogen-bond donors (Lipinski definition) is 1. The second kappa shape index (κ2) is 4.40. The van der Waals surface area contributed by atoms with E-state index in [9.17, 15) is 0 Å². The number of rotatable bonds is 2. The second-order valence-corrected chi connectivity index (χ2v) is 4.17. The van der Waals surface area contributed by atoms with E-state index in [1.54, 1.807) is 0 Å². The Bertz CT molecular complexity index is 151. The summed E-state index contributed by atoms with van der Waals surface area (Å²) in [4.78, 5) is 5.66. The monoisotopic (exact) mass is 184 g/mol. The lowest BCUT2D eigenvalue weighted by Gasteiger charge is -2.34. The minimum atomic E-state index is 0.593. The molecule has 76 valence electrons. The Morgan fingerprint density at radius 1 is 1.46 bits per heavy atom. The van der Waals surface area contributed by atoms with Crippen molar-refractivity contribution in [2.45, 2.75) is 32.2 Å². The van der Waals surface area contributed by atoms with Crippen molar-refractivity contribution in [2.75, 3.05) is 26.2 Å². The van der Waals surface area contributed by atoms with Gasteiger partial charge < -0.3 is 5.32 Å². The summed E-state index contributed by atoms with van der Waals surface area (Å²) in [5.41, 5.74) is 0. The summed E-state index contributed by atoms with van der Waals surface area (Å²) < 4.78 is 0. The van der Waals surface area contributed by atoms with Gasteiger partial charge in [-0.3, -0.25) is 4.84 Å². The number of nitrogens with zero attached hydrogens (tertiary/aromatic N) is 1. The average molecular weight is 184 g/mol. The van der Waals surface area contributed by atoms with E-state index in [0.29, 0.717) is 6.04 Å². The summed E-state index contributed by atoms with van der Waals surface area (Å²) in [6, 6.07) is 0.593. The lowest BCUT2D eigenvalue weighted by atomic mass is 10.00. The second-order valence-electron chi connectivity index (χ2n) is 4.17. The highest BCUT2D eigenvalue weighted by atomic mass is 16.7. The Labute approximate surface area is 80.4 Å². The van der Waals surface area contributed by atoms with E-state index in [0.717, 1.165) is 19.1 Å². The topological polar surface area (TPSA) is 24.5 Å². The van der Waals surface area contributed by atoms with Crippen molar-refractivity contribution < 1.29 is 4.84 Å². The molecule has 0 bridgehead atoms. The maximum atomic E-state index is 5.66. The van der Waals surface area contributed by atoms with Gasteiger partial charge in [-0.2, -0.15) is 5.06 Å². The van der Waals surface area contributed by atoms with Crippen LogP contribution in [0, 0.1) is 5.92 Å². The van der Waals surface area contributed by atoms with Crippen molar-refractivity contribution >= 4 is 0 Å². The lowest BCUT2D eigenvalue weighted by molar-refractivity contribution is -0.211. The summed E-state index contributed by atoms with van der Waals surface area (Å²) in [6.45, 7) is 6.69. The Morgan fingerprint density at radius 3 is 3.00 bits per heavy atom. The highest BCUT2D eigenvalue weighted by molar-refractivity contribution is 4.80. The molecular formula is C10H20N2O. The molecular weight excluding hydrogens is 164 g/mol. The van der Waals surface area contributed by atoms with Crippen LogP contribution in [0.15, 0.2) is 0 Å². The zero-order valence-electron chi connectivity index (χ0n) is 8.46. The van der Waals surface area contributed by atoms with Crippen LogP contribution in [0.1, 0.15) is 26.2 Å². The molecule has 0 saturated carbocycles. The Balaban J connectivity index is 1.83. The van der Waals surface area contributed by atoms with Crippen LogP contribution in [0.3, 0.4) is 0 Å². The van der Waals surface area contributed by atoms with Crippen LogP contribution in [-0.2, 0) is 4.84 Å². The van der Waals surface area contributed by atoms with Gasteiger partial charge >= 0.3 is 0 Å². The fraction of sp³-hybridized carbons (Fsp3) is 1.00. The first kappa shape index (κ1) is 9.44. The van der Waals surface area contributed by atoms with Gasteiger partial charge in [-0.25, -0.2) is 0 Å². The minimum Gasteiger partial charge on any atom is -0.316 e. The van der Waals surface area contributed by atoms with Gasteiger partial charge in [0.1, 0.15) is 0 Å². The maximum absolute atomic E-state index is 5.66. The number of hydrogen-bond acceptors (Lipinski definition) is 3. The molecule has 3 heteroatoms. The van der Waals surface area contributed by atoms with Gasteiger partial charge in [0, 0.05) is 12.6 Å². The van der Waals surface area contributed by atoms with Crippen molar-refractivity contribution in [2.24, 2.45) is 5.92 Å². The van der Waals surface area contributed by atoms with E-state index in [4.69, 9.17) is 4.84 Å². The molecule has 0 spiro atoms. The first-order chi connectivity index (χ1) is 6.38. The largest absolute Gasteiger partial charge is 0.316 e. The van der Waals surface area contributed by atoms with Crippen molar-refractivity contribution in [3.05, 3.63) is 0 Å². The van der Waals surface area contributed by atoms with E-state index in [2.05, 4.69) is 17.3 Å². The molecule has 2 heterocycles. The van der Waals surface area contributed by atoms with Gasteiger partial charge in [0.05, 0.1) is 6.61 Å². The average Bonchev–Trinajstić information content (AvgIpc) is 2.71. The first-order valence-corrected chi connectivity index (χ1v) is 5.48. The van der Waals surface area contributed by atoms with Crippen LogP contribution in [0.5, 0.6) is 0 Å². The molecule has 1 N–H and O–H groups in total. The van der Waals surface area contributed by atoms with Crippen molar-refractivity contribution in [1.29, 1.82) is 0 Å². The standard InChI is InChI=1S/C10H20N2O/c1-9(10-4-5-11-8-10)12-6-2-3-7-13-12/h9-11H,2-8H2,1H3. The molecule has 0 aromatic carbocycles. The molecule has 2 saturated heterocycles. The minimum absolute atomic E-state index is 0.593. The molecule has 3 nitrogen and oxygen atoms in total. The zero-order chi connectivity index (χ0) is 9.10. The Hall–Kier alpha value is -0.120. The van der Waals surface area contributed by atoms with Gasteiger partial charge in [-0.15, -0.1) is 0 Å². The summed E-state index contributed by atoms with van der Waals surface area (Å²) in [6.07, 6.45) is 3.83. The predicted molar refractivity (Wildman–Crippen MR) is 52.3 cm³/mol. The fourth-order valence-corrected chi connectivity index (χ4v) is 2.26. The summed E-state index contributed by atoms with van der Waals surface area (Å²) in [7, 11) is 0. The van der Waals surface area contributed by atoms with Gasteiger partial charge in [0.25, 0.3) is 0 Å². The van der Waals surface area contributed by atoms with Crippen LogP contribution in [0.2, 0.25) is 0 Å². The lowest BCUT2D eigenvalue weighted by Crippen LogP contribution is -2.42. The fourth-order valence-electron chi connectivity index (χ4n) is 2.26. The van der Waals surface area contributed by atoms with E-state index >= 15 is 0 Å². The molecule has 0 aromatic heterocycles. The molecule has 2 atom stereocenters. The number of hydroxylamine groups is 2. The summed E-state index contributed by atoms with van der Waals surface area (Å²) in [5.74, 6) is 0.790. The van der Waals surface area contributed by atoms with Crippen molar-refractivity contribution in [1.82, 2.24) is 10.4 Å². The third kappa shape index (κ3) is 2.22.